The number of phenols is 1. The fourth-order valence-corrected chi connectivity index (χ4v) is 1.93. The molecule has 1 aromatic carbocycles. The molecular weight excluding hydrogens is 231 g/mol. The summed E-state index contributed by atoms with van der Waals surface area (Å²) in [4.78, 5) is 0. The highest BCUT2D eigenvalue weighted by atomic mass is 16.5. The molecule has 2 rings (SSSR count). The second-order valence-electron chi connectivity index (χ2n) is 4.23. The molecule has 0 saturated heterocycles. The maximum absolute atomic E-state index is 9.84. The van der Waals surface area contributed by atoms with E-state index >= 15 is 0 Å². The third-order valence-corrected chi connectivity index (χ3v) is 2.98. The minimum Gasteiger partial charge on any atom is -0.508 e. The third kappa shape index (κ3) is 2.64. The topological polar surface area (TPSA) is 69.9 Å². The molecule has 18 heavy (non-hydrogen) atoms. The summed E-state index contributed by atoms with van der Waals surface area (Å²) in [6.07, 6.45) is 2.16. The zero-order valence-electron chi connectivity index (χ0n) is 9.91. The number of hydrogen-bond donors (Lipinski definition) is 3. The van der Waals surface area contributed by atoms with Crippen LogP contribution in [-0.2, 0) is 4.65 Å². The highest BCUT2D eigenvalue weighted by molar-refractivity contribution is 6.54. The molecule has 1 aliphatic rings. The SMILES string of the molecule is C=C(CO)C1=CCC(c2ccc(O)cc2)OB1O. The molecular formula is C13H15BO4. The molecule has 0 spiro atoms. The van der Waals surface area contributed by atoms with Crippen molar-refractivity contribution in [1.82, 2.24) is 0 Å². The van der Waals surface area contributed by atoms with Gasteiger partial charge in [-0.15, -0.1) is 0 Å². The Bertz CT molecular complexity index is 466. The maximum Gasteiger partial charge on any atom is 0.491 e. The summed E-state index contributed by atoms with van der Waals surface area (Å²) < 4.78 is 5.48. The fourth-order valence-electron chi connectivity index (χ4n) is 1.93. The van der Waals surface area contributed by atoms with Crippen LogP contribution in [0.1, 0.15) is 18.1 Å². The van der Waals surface area contributed by atoms with Crippen molar-refractivity contribution in [3.8, 4) is 5.75 Å². The predicted molar refractivity (Wildman–Crippen MR) is 68.8 cm³/mol. The molecule has 1 unspecified atom stereocenters. The normalized spacial score (nSPS) is 19.6. The predicted octanol–water partition coefficient (Wildman–Crippen LogP) is 1.35. The van der Waals surface area contributed by atoms with Crippen molar-refractivity contribution in [1.29, 1.82) is 0 Å². The summed E-state index contributed by atoms with van der Waals surface area (Å²) in [6, 6.07) is 6.67. The fraction of sp³-hybridized carbons (Fsp3) is 0.231. The van der Waals surface area contributed by atoms with Crippen molar-refractivity contribution >= 4 is 7.12 Å². The van der Waals surface area contributed by atoms with Gasteiger partial charge in [0, 0.05) is 0 Å². The van der Waals surface area contributed by atoms with Gasteiger partial charge in [-0.05, 0) is 35.2 Å². The Morgan fingerprint density at radius 3 is 2.61 bits per heavy atom. The summed E-state index contributed by atoms with van der Waals surface area (Å²) in [5, 5.41) is 28.0. The van der Waals surface area contributed by atoms with E-state index in [1.807, 2.05) is 6.08 Å². The molecule has 0 aromatic heterocycles. The molecule has 0 amide bonds. The molecule has 0 aliphatic carbocycles. The van der Waals surface area contributed by atoms with Gasteiger partial charge in [-0.1, -0.05) is 24.8 Å². The molecule has 4 nitrogen and oxygen atoms in total. The Hall–Kier alpha value is -1.56. The largest absolute Gasteiger partial charge is 0.508 e. The summed E-state index contributed by atoms with van der Waals surface area (Å²) in [5.41, 5.74) is 1.89. The average molecular weight is 246 g/mol. The van der Waals surface area contributed by atoms with Gasteiger partial charge in [0.15, 0.2) is 0 Å². The molecule has 1 aliphatic heterocycles. The van der Waals surface area contributed by atoms with Gasteiger partial charge in [-0.25, -0.2) is 0 Å². The minimum absolute atomic E-state index is 0.194. The lowest BCUT2D eigenvalue weighted by Crippen LogP contribution is -2.29. The molecule has 3 N–H and O–H groups in total. The van der Waals surface area contributed by atoms with Crippen LogP contribution in [0.5, 0.6) is 5.75 Å². The lowest BCUT2D eigenvalue weighted by Gasteiger charge is -2.26. The summed E-state index contributed by atoms with van der Waals surface area (Å²) in [6.45, 7) is 3.47. The van der Waals surface area contributed by atoms with Crippen LogP contribution in [0.25, 0.3) is 0 Å². The molecule has 5 heteroatoms. The van der Waals surface area contributed by atoms with E-state index in [0.29, 0.717) is 17.5 Å². The first-order valence-corrected chi connectivity index (χ1v) is 5.73. The molecule has 0 fully saturated rings. The Labute approximate surface area is 106 Å². The molecule has 1 atom stereocenters. The highest BCUT2D eigenvalue weighted by Gasteiger charge is 2.30. The minimum atomic E-state index is -1.07. The van der Waals surface area contributed by atoms with Gasteiger partial charge < -0.3 is 19.9 Å². The van der Waals surface area contributed by atoms with Gasteiger partial charge in [0.05, 0.1) is 12.7 Å². The number of rotatable bonds is 3. The number of aliphatic hydroxyl groups excluding tert-OH is 1. The van der Waals surface area contributed by atoms with Crippen LogP contribution in [0.2, 0.25) is 0 Å². The first-order valence-electron chi connectivity index (χ1n) is 5.73. The van der Waals surface area contributed by atoms with E-state index in [1.165, 1.54) is 0 Å². The van der Waals surface area contributed by atoms with Gasteiger partial charge in [-0.2, -0.15) is 0 Å². The highest BCUT2D eigenvalue weighted by Crippen LogP contribution is 2.31. The Balaban J connectivity index is 2.14. The lowest BCUT2D eigenvalue weighted by atomic mass is 9.71. The van der Waals surface area contributed by atoms with E-state index < -0.39 is 7.12 Å². The third-order valence-electron chi connectivity index (χ3n) is 2.98. The van der Waals surface area contributed by atoms with Crippen LogP contribution in [0.4, 0.5) is 0 Å². The Kier molecular flexibility index (Phi) is 3.86. The molecule has 0 radical (unpaired) electrons. The average Bonchev–Trinajstić information content (AvgIpc) is 2.38. The van der Waals surface area contributed by atoms with Crippen LogP contribution < -0.4 is 0 Å². The van der Waals surface area contributed by atoms with Gasteiger partial charge in [0.1, 0.15) is 5.75 Å². The zero-order valence-corrected chi connectivity index (χ0v) is 9.91. The van der Waals surface area contributed by atoms with E-state index in [1.54, 1.807) is 24.3 Å². The molecule has 0 bridgehead atoms. The van der Waals surface area contributed by atoms with Crippen molar-refractivity contribution < 1.29 is 19.9 Å². The summed E-state index contributed by atoms with van der Waals surface area (Å²) in [5.74, 6) is 0.194. The molecule has 1 heterocycles. The zero-order chi connectivity index (χ0) is 13.1. The van der Waals surface area contributed by atoms with E-state index in [0.717, 1.165) is 5.56 Å². The molecule has 0 saturated carbocycles. The number of hydrogen-bond acceptors (Lipinski definition) is 4. The van der Waals surface area contributed by atoms with Crippen LogP contribution in [0, 0.1) is 0 Å². The van der Waals surface area contributed by atoms with Crippen molar-refractivity contribution in [3.05, 3.63) is 53.5 Å². The molecule has 94 valence electrons. The standard InChI is InChI=1S/C13H15BO4/c1-9(8-15)12-6-7-13(18-14(12)17)10-2-4-11(16)5-3-10/h2-6,13,15-17H,1,7-8H2. The van der Waals surface area contributed by atoms with Gasteiger partial charge in [0.25, 0.3) is 0 Å². The van der Waals surface area contributed by atoms with Gasteiger partial charge in [0.2, 0.25) is 0 Å². The second kappa shape index (κ2) is 5.39. The van der Waals surface area contributed by atoms with Crippen LogP contribution in [-0.4, -0.2) is 29.0 Å². The van der Waals surface area contributed by atoms with Crippen molar-refractivity contribution in [2.75, 3.05) is 6.61 Å². The van der Waals surface area contributed by atoms with Crippen molar-refractivity contribution in [3.63, 3.8) is 0 Å². The van der Waals surface area contributed by atoms with Crippen LogP contribution >= 0.6 is 0 Å². The first-order chi connectivity index (χ1) is 8.61. The van der Waals surface area contributed by atoms with Crippen LogP contribution in [0.3, 0.4) is 0 Å². The maximum atomic E-state index is 9.84. The smallest absolute Gasteiger partial charge is 0.491 e. The van der Waals surface area contributed by atoms with Gasteiger partial charge in [-0.3, -0.25) is 0 Å². The van der Waals surface area contributed by atoms with Crippen molar-refractivity contribution in [2.24, 2.45) is 0 Å². The quantitative estimate of drug-likeness (QED) is 0.704. The van der Waals surface area contributed by atoms with E-state index in [2.05, 4.69) is 6.58 Å². The number of benzene rings is 1. The Morgan fingerprint density at radius 1 is 1.39 bits per heavy atom. The summed E-state index contributed by atoms with van der Waals surface area (Å²) >= 11 is 0. The Morgan fingerprint density at radius 2 is 2.06 bits per heavy atom. The van der Waals surface area contributed by atoms with E-state index in [-0.39, 0.29) is 18.5 Å². The monoisotopic (exact) mass is 246 g/mol. The number of phenolic OH excluding ortho intramolecular Hbond substituents is 1. The lowest BCUT2D eigenvalue weighted by molar-refractivity contribution is 0.167. The molecule has 1 aromatic rings. The first kappa shape index (κ1) is 12.9. The van der Waals surface area contributed by atoms with Gasteiger partial charge >= 0.3 is 7.12 Å². The number of aromatic hydroxyl groups is 1. The van der Waals surface area contributed by atoms with E-state index in [9.17, 15) is 10.1 Å². The van der Waals surface area contributed by atoms with Crippen LogP contribution in [0.15, 0.2) is 48.0 Å². The number of aliphatic hydroxyl groups is 1. The van der Waals surface area contributed by atoms with E-state index in [4.69, 9.17) is 9.76 Å². The summed E-state index contributed by atoms with van der Waals surface area (Å²) in [7, 11) is -1.07. The second-order valence-corrected chi connectivity index (χ2v) is 4.23. The van der Waals surface area contributed by atoms with Crippen molar-refractivity contribution in [2.45, 2.75) is 12.5 Å².